The quantitative estimate of drug-likeness (QED) is 0.909. The summed E-state index contributed by atoms with van der Waals surface area (Å²) in [4.78, 5) is 28.1. The summed E-state index contributed by atoms with van der Waals surface area (Å²) in [5.74, 6) is 0.00274. The maximum absolute atomic E-state index is 12.9. The predicted molar refractivity (Wildman–Crippen MR) is 85.2 cm³/mol. The number of hydrogen-bond acceptors (Lipinski definition) is 3. The first kappa shape index (κ1) is 16.0. The van der Waals surface area contributed by atoms with Crippen LogP contribution in [-0.4, -0.2) is 28.3 Å². The van der Waals surface area contributed by atoms with E-state index in [0.717, 1.165) is 6.42 Å². The van der Waals surface area contributed by atoms with Crippen LogP contribution in [0.2, 0.25) is 0 Å². The minimum Gasteiger partial charge on any atom is -0.340 e. The highest BCUT2D eigenvalue weighted by Gasteiger charge is 2.47. The van der Waals surface area contributed by atoms with Crippen molar-refractivity contribution in [1.29, 1.82) is 0 Å². The lowest BCUT2D eigenvalue weighted by Crippen LogP contribution is -2.69. The number of hydrogen-bond donors (Lipinski definition) is 1. The molecule has 2 rings (SSSR count). The Hall–Kier alpha value is -1.36. The molecule has 1 aliphatic heterocycles. The van der Waals surface area contributed by atoms with Crippen LogP contribution in [0.25, 0.3) is 0 Å². The second-order valence-corrected chi connectivity index (χ2v) is 6.61. The molecular weight excluding hydrogens is 284 g/mol. The van der Waals surface area contributed by atoms with Crippen LogP contribution in [0.5, 0.6) is 0 Å². The SMILES string of the molecule is CCc1ccsc1CN1C(=O)C(CC)(CC)NC(=O)C1C. The second kappa shape index (κ2) is 6.18. The fourth-order valence-corrected chi connectivity index (χ4v) is 3.87. The Morgan fingerprint density at radius 2 is 1.95 bits per heavy atom. The van der Waals surface area contributed by atoms with Crippen LogP contribution in [0.4, 0.5) is 0 Å². The van der Waals surface area contributed by atoms with Crippen LogP contribution in [-0.2, 0) is 22.6 Å². The Morgan fingerprint density at radius 3 is 2.52 bits per heavy atom. The average molecular weight is 308 g/mol. The summed E-state index contributed by atoms with van der Waals surface area (Å²) in [6, 6.07) is 1.70. The van der Waals surface area contributed by atoms with Crippen LogP contribution in [0, 0.1) is 0 Å². The molecule has 0 radical (unpaired) electrons. The van der Waals surface area contributed by atoms with Gasteiger partial charge in [-0.25, -0.2) is 0 Å². The number of amides is 2. The van der Waals surface area contributed by atoms with Gasteiger partial charge in [0, 0.05) is 4.88 Å². The number of carbonyl (C=O) groups is 2. The zero-order chi connectivity index (χ0) is 15.6. The van der Waals surface area contributed by atoms with Gasteiger partial charge in [-0.15, -0.1) is 11.3 Å². The van der Waals surface area contributed by atoms with Gasteiger partial charge in [-0.05, 0) is 43.2 Å². The standard InChI is InChI=1S/C16H24N2O2S/c1-5-12-8-9-21-13(12)10-18-11(4)14(19)17-16(6-2,7-3)15(18)20/h8-9,11H,5-7,10H2,1-4H3,(H,17,19). The lowest BCUT2D eigenvalue weighted by molar-refractivity contribution is -0.155. The molecule has 0 spiro atoms. The van der Waals surface area contributed by atoms with Gasteiger partial charge >= 0.3 is 0 Å². The van der Waals surface area contributed by atoms with Gasteiger partial charge in [0.05, 0.1) is 6.54 Å². The molecule has 2 amide bonds. The fourth-order valence-electron chi connectivity index (χ4n) is 2.90. The molecule has 1 N–H and O–H groups in total. The normalized spacial score (nSPS) is 21.5. The molecule has 1 unspecified atom stereocenters. The minimum absolute atomic E-state index is 0.0482. The third-order valence-corrected chi connectivity index (χ3v) is 5.57. The van der Waals surface area contributed by atoms with E-state index in [1.54, 1.807) is 16.2 Å². The largest absolute Gasteiger partial charge is 0.340 e. The molecule has 0 aliphatic carbocycles. The number of rotatable bonds is 5. The van der Waals surface area contributed by atoms with Crippen LogP contribution < -0.4 is 5.32 Å². The van der Waals surface area contributed by atoms with Crippen LogP contribution in [0.15, 0.2) is 11.4 Å². The maximum atomic E-state index is 12.9. The molecule has 1 aromatic rings. The van der Waals surface area contributed by atoms with E-state index in [0.29, 0.717) is 19.4 Å². The van der Waals surface area contributed by atoms with E-state index in [1.807, 2.05) is 20.8 Å². The molecule has 2 heterocycles. The monoisotopic (exact) mass is 308 g/mol. The van der Waals surface area contributed by atoms with E-state index in [4.69, 9.17) is 0 Å². The molecule has 5 heteroatoms. The molecule has 1 atom stereocenters. The van der Waals surface area contributed by atoms with Crippen molar-refractivity contribution in [2.75, 3.05) is 0 Å². The Kier molecular flexibility index (Phi) is 4.71. The van der Waals surface area contributed by atoms with Gasteiger partial charge in [0.25, 0.3) is 0 Å². The van der Waals surface area contributed by atoms with Crippen molar-refractivity contribution in [3.8, 4) is 0 Å². The van der Waals surface area contributed by atoms with E-state index < -0.39 is 11.6 Å². The van der Waals surface area contributed by atoms with Gasteiger partial charge < -0.3 is 10.2 Å². The number of piperazine rings is 1. The number of thiophene rings is 1. The van der Waals surface area contributed by atoms with E-state index in [-0.39, 0.29) is 11.8 Å². The Bertz CT molecular complexity index is 534. The Labute approximate surface area is 130 Å². The maximum Gasteiger partial charge on any atom is 0.249 e. The van der Waals surface area contributed by atoms with E-state index in [2.05, 4.69) is 23.7 Å². The summed E-state index contributed by atoms with van der Waals surface area (Å²) in [6.07, 6.45) is 2.21. The topological polar surface area (TPSA) is 49.4 Å². The number of aryl methyl sites for hydroxylation is 1. The van der Waals surface area contributed by atoms with Crippen molar-refractivity contribution in [3.05, 3.63) is 21.9 Å². The van der Waals surface area contributed by atoms with E-state index in [9.17, 15) is 9.59 Å². The van der Waals surface area contributed by atoms with Gasteiger partial charge in [-0.2, -0.15) is 0 Å². The molecule has 1 aromatic heterocycles. The number of nitrogens with zero attached hydrogens (tertiary/aromatic N) is 1. The average Bonchev–Trinajstić information content (AvgIpc) is 2.95. The van der Waals surface area contributed by atoms with Gasteiger partial charge in [0.15, 0.2) is 0 Å². The highest BCUT2D eigenvalue weighted by atomic mass is 32.1. The number of carbonyl (C=O) groups excluding carboxylic acids is 2. The van der Waals surface area contributed by atoms with Gasteiger partial charge in [0.2, 0.25) is 11.8 Å². The van der Waals surface area contributed by atoms with Crippen molar-refractivity contribution >= 4 is 23.2 Å². The van der Waals surface area contributed by atoms with Crippen LogP contribution >= 0.6 is 11.3 Å². The Balaban J connectivity index is 2.31. The van der Waals surface area contributed by atoms with Crippen LogP contribution in [0.1, 0.15) is 51.0 Å². The lowest BCUT2D eigenvalue weighted by atomic mass is 9.87. The highest BCUT2D eigenvalue weighted by molar-refractivity contribution is 7.10. The third-order valence-electron chi connectivity index (χ3n) is 4.62. The molecule has 21 heavy (non-hydrogen) atoms. The fraction of sp³-hybridized carbons (Fsp3) is 0.625. The Morgan fingerprint density at radius 1 is 1.29 bits per heavy atom. The zero-order valence-corrected chi connectivity index (χ0v) is 14.0. The molecule has 1 fully saturated rings. The van der Waals surface area contributed by atoms with E-state index in [1.165, 1.54) is 10.4 Å². The molecule has 0 aromatic carbocycles. The minimum atomic E-state index is -0.729. The predicted octanol–water partition coefficient (Wildman–Crippen LogP) is 2.72. The van der Waals surface area contributed by atoms with Crippen molar-refractivity contribution in [2.24, 2.45) is 0 Å². The first-order chi connectivity index (χ1) is 9.99. The molecule has 0 saturated carbocycles. The highest BCUT2D eigenvalue weighted by Crippen LogP contribution is 2.28. The smallest absolute Gasteiger partial charge is 0.249 e. The lowest BCUT2D eigenvalue weighted by Gasteiger charge is -2.44. The summed E-state index contributed by atoms with van der Waals surface area (Å²) >= 11 is 1.66. The van der Waals surface area contributed by atoms with Gasteiger partial charge in [0.1, 0.15) is 11.6 Å². The molecule has 1 aliphatic rings. The van der Waals surface area contributed by atoms with E-state index >= 15 is 0 Å². The number of nitrogens with one attached hydrogen (secondary N) is 1. The van der Waals surface area contributed by atoms with Gasteiger partial charge in [-0.3, -0.25) is 9.59 Å². The summed E-state index contributed by atoms with van der Waals surface area (Å²) in [7, 11) is 0. The third kappa shape index (κ3) is 2.71. The molecule has 1 saturated heterocycles. The van der Waals surface area contributed by atoms with Crippen molar-refractivity contribution in [3.63, 3.8) is 0 Å². The van der Waals surface area contributed by atoms with Crippen molar-refractivity contribution in [1.82, 2.24) is 10.2 Å². The first-order valence-electron chi connectivity index (χ1n) is 7.67. The van der Waals surface area contributed by atoms with Crippen LogP contribution in [0.3, 0.4) is 0 Å². The molecule has 0 bridgehead atoms. The summed E-state index contributed by atoms with van der Waals surface area (Å²) in [5.41, 5.74) is 0.539. The summed E-state index contributed by atoms with van der Waals surface area (Å²) < 4.78 is 0. The zero-order valence-electron chi connectivity index (χ0n) is 13.2. The second-order valence-electron chi connectivity index (χ2n) is 5.61. The first-order valence-corrected chi connectivity index (χ1v) is 8.55. The van der Waals surface area contributed by atoms with Crippen molar-refractivity contribution < 1.29 is 9.59 Å². The van der Waals surface area contributed by atoms with Gasteiger partial charge in [-0.1, -0.05) is 20.8 Å². The molecule has 116 valence electrons. The van der Waals surface area contributed by atoms with Crippen molar-refractivity contribution in [2.45, 2.75) is 65.1 Å². The summed E-state index contributed by atoms with van der Waals surface area (Å²) in [6.45, 7) is 8.37. The summed E-state index contributed by atoms with van der Waals surface area (Å²) in [5, 5.41) is 5.00. The molecular formula is C16H24N2O2S. The molecule has 4 nitrogen and oxygen atoms in total.